The minimum Gasteiger partial charge on any atom is -0.450 e. The highest BCUT2D eigenvalue weighted by Crippen LogP contribution is 2.16. The Morgan fingerprint density at radius 3 is 2.30 bits per heavy atom. The number of amides is 2. The summed E-state index contributed by atoms with van der Waals surface area (Å²) in [5, 5.41) is 0. The molecule has 1 fully saturated rings. The molecule has 1 saturated heterocycles. The molecule has 0 radical (unpaired) electrons. The molecule has 0 spiro atoms. The van der Waals surface area contributed by atoms with E-state index in [1.807, 2.05) is 35.2 Å². The number of anilines is 2. The highest BCUT2D eigenvalue weighted by atomic mass is 16.6. The fraction of sp³-hybridized carbons (Fsp3) is 0.368. The first-order chi connectivity index (χ1) is 13.1. The summed E-state index contributed by atoms with van der Waals surface area (Å²) in [6.45, 7) is 4.51. The van der Waals surface area contributed by atoms with Crippen molar-refractivity contribution in [2.75, 3.05) is 49.6 Å². The molecule has 0 unspecified atom stereocenters. The second-order valence-electron chi connectivity index (χ2n) is 6.14. The van der Waals surface area contributed by atoms with Crippen LogP contribution in [0, 0.1) is 0 Å². The van der Waals surface area contributed by atoms with Crippen LogP contribution in [0.4, 0.5) is 16.4 Å². The van der Waals surface area contributed by atoms with Crippen molar-refractivity contribution in [1.29, 1.82) is 0 Å². The number of aromatic nitrogens is 2. The average molecular weight is 369 g/mol. The Kier molecular flexibility index (Phi) is 5.85. The number of benzene rings is 1. The van der Waals surface area contributed by atoms with E-state index in [0.29, 0.717) is 44.3 Å². The molecule has 0 saturated carbocycles. The van der Waals surface area contributed by atoms with Gasteiger partial charge in [-0.15, -0.1) is 0 Å². The highest BCUT2D eigenvalue weighted by molar-refractivity contribution is 6.05. The van der Waals surface area contributed by atoms with Gasteiger partial charge in [0.1, 0.15) is 0 Å². The summed E-state index contributed by atoms with van der Waals surface area (Å²) < 4.78 is 5.02. The molecule has 1 aromatic carbocycles. The van der Waals surface area contributed by atoms with Crippen LogP contribution in [0.5, 0.6) is 0 Å². The standard InChI is InChI=1S/C19H23N5O3/c1-3-27-19(26)24-11-9-23(10-12-24)18-20-13-15(14-21-18)17(25)22(2)16-7-5-4-6-8-16/h4-8,13-14H,3,9-12H2,1-2H3. The number of piperazine rings is 1. The highest BCUT2D eigenvalue weighted by Gasteiger charge is 2.23. The zero-order valence-electron chi connectivity index (χ0n) is 15.5. The summed E-state index contributed by atoms with van der Waals surface area (Å²) in [4.78, 5) is 38.2. The number of ether oxygens (including phenoxy) is 1. The number of hydrogen-bond donors (Lipinski definition) is 0. The van der Waals surface area contributed by atoms with Crippen LogP contribution in [0.3, 0.4) is 0 Å². The molecule has 142 valence electrons. The van der Waals surface area contributed by atoms with Crippen LogP contribution in [-0.2, 0) is 4.74 Å². The molecule has 0 atom stereocenters. The van der Waals surface area contributed by atoms with Crippen molar-refractivity contribution in [3.8, 4) is 0 Å². The maximum absolute atomic E-state index is 12.6. The van der Waals surface area contributed by atoms with Crippen LogP contribution >= 0.6 is 0 Å². The van der Waals surface area contributed by atoms with Gasteiger partial charge in [-0.1, -0.05) is 18.2 Å². The summed E-state index contributed by atoms with van der Waals surface area (Å²) in [6, 6.07) is 9.41. The van der Waals surface area contributed by atoms with Crippen LogP contribution < -0.4 is 9.80 Å². The Morgan fingerprint density at radius 2 is 1.70 bits per heavy atom. The van der Waals surface area contributed by atoms with Gasteiger partial charge >= 0.3 is 6.09 Å². The van der Waals surface area contributed by atoms with Gasteiger partial charge < -0.3 is 19.4 Å². The number of rotatable bonds is 4. The molecule has 2 aromatic rings. The van der Waals surface area contributed by atoms with E-state index in [-0.39, 0.29) is 12.0 Å². The van der Waals surface area contributed by atoms with Gasteiger partial charge in [-0.05, 0) is 19.1 Å². The van der Waals surface area contributed by atoms with Crippen LogP contribution in [0.25, 0.3) is 0 Å². The maximum Gasteiger partial charge on any atom is 0.409 e. The van der Waals surface area contributed by atoms with Gasteiger partial charge in [0, 0.05) is 51.3 Å². The molecule has 1 aliphatic heterocycles. The van der Waals surface area contributed by atoms with Crippen LogP contribution in [0.2, 0.25) is 0 Å². The van der Waals surface area contributed by atoms with Gasteiger partial charge in [0.2, 0.25) is 5.95 Å². The van der Waals surface area contributed by atoms with Gasteiger partial charge in [0.05, 0.1) is 12.2 Å². The SMILES string of the molecule is CCOC(=O)N1CCN(c2ncc(C(=O)N(C)c3ccccc3)cn2)CC1. The summed E-state index contributed by atoms with van der Waals surface area (Å²) in [5.74, 6) is 0.386. The Hall–Kier alpha value is -3.16. The van der Waals surface area contributed by atoms with Crippen molar-refractivity contribution in [2.24, 2.45) is 0 Å². The normalized spacial score (nSPS) is 14.0. The number of hydrogen-bond acceptors (Lipinski definition) is 6. The predicted molar refractivity (Wildman–Crippen MR) is 102 cm³/mol. The molecule has 2 heterocycles. The van der Waals surface area contributed by atoms with E-state index in [1.165, 1.54) is 0 Å². The van der Waals surface area contributed by atoms with Gasteiger partial charge in [-0.2, -0.15) is 0 Å². The largest absolute Gasteiger partial charge is 0.450 e. The molecule has 27 heavy (non-hydrogen) atoms. The van der Waals surface area contributed by atoms with Crippen molar-refractivity contribution >= 4 is 23.6 Å². The van der Waals surface area contributed by atoms with Gasteiger partial charge in [-0.25, -0.2) is 14.8 Å². The average Bonchev–Trinajstić information content (AvgIpc) is 2.74. The lowest BCUT2D eigenvalue weighted by atomic mass is 10.2. The lowest BCUT2D eigenvalue weighted by molar-refractivity contribution is 0.0990. The third-order valence-electron chi connectivity index (χ3n) is 4.42. The molecule has 0 N–H and O–H groups in total. The predicted octanol–water partition coefficient (Wildman–Crippen LogP) is 2.03. The van der Waals surface area contributed by atoms with E-state index in [1.54, 1.807) is 36.2 Å². The Bertz CT molecular complexity index is 774. The second kappa shape index (κ2) is 8.48. The summed E-state index contributed by atoms with van der Waals surface area (Å²) in [6.07, 6.45) is 2.80. The van der Waals surface area contributed by atoms with E-state index in [9.17, 15) is 9.59 Å². The number of carbonyl (C=O) groups is 2. The first-order valence-corrected chi connectivity index (χ1v) is 8.92. The molecule has 0 bridgehead atoms. The van der Waals surface area contributed by atoms with Gasteiger partial charge in [0.15, 0.2) is 0 Å². The third kappa shape index (κ3) is 4.33. The fourth-order valence-electron chi connectivity index (χ4n) is 2.86. The van der Waals surface area contributed by atoms with Crippen molar-refractivity contribution in [2.45, 2.75) is 6.92 Å². The Labute approximate surface area is 158 Å². The zero-order valence-corrected chi connectivity index (χ0v) is 15.5. The monoisotopic (exact) mass is 369 g/mol. The molecule has 8 nitrogen and oxygen atoms in total. The zero-order chi connectivity index (χ0) is 19.2. The first kappa shape index (κ1) is 18.6. The number of nitrogens with zero attached hydrogens (tertiary/aromatic N) is 5. The molecule has 2 amide bonds. The van der Waals surface area contributed by atoms with Crippen molar-refractivity contribution in [3.05, 3.63) is 48.3 Å². The Morgan fingerprint density at radius 1 is 1.07 bits per heavy atom. The van der Waals surface area contributed by atoms with Crippen LogP contribution in [0.1, 0.15) is 17.3 Å². The lowest BCUT2D eigenvalue weighted by Crippen LogP contribution is -2.49. The summed E-state index contributed by atoms with van der Waals surface area (Å²) >= 11 is 0. The topological polar surface area (TPSA) is 78.9 Å². The minimum atomic E-state index is -0.289. The van der Waals surface area contributed by atoms with Gasteiger partial charge in [-0.3, -0.25) is 4.79 Å². The molecule has 1 aromatic heterocycles. The van der Waals surface area contributed by atoms with Crippen molar-refractivity contribution in [1.82, 2.24) is 14.9 Å². The molecule has 1 aliphatic rings. The summed E-state index contributed by atoms with van der Waals surface area (Å²) in [7, 11) is 1.72. The van der Waals surface area contributed by atoms with E-state index < -0.39 is 0 Å². The molecule has 8 heteroatoms. The number of para-hydroxylation sites is 1. The third-order valence-corrected chi connectivity index (χ3v) is 4.42. The number of carbonyl (C=O) groups excluding carboxylic acids is 2. The summed E-state index contributed by atoms with van der Waals surface area (Å²) in [5.41, 5.74) is 1.23. The van der Waals surface area contributed by atoms with Crippen molar-refractivity contribution < 1.29 is 14.3 Å². The van der Waals surface area contributed by atoms with Crippen molar-refractivity contribution in [3.63, 3.8) is 0 Å². The van der Waals surface area contributed by atoms with Gasteiger partial charge in [0.25, 0.3) is 5.91 Å². The lowest BCUT2D eigenvalue weighted by Gasteiger charge is -2.33. The van der Waals surface area contributed by atoms with Crippen LogP contribution in [0.15, 0.2) is 42.7 Å². The Balaban J connectivity index is 1.61. The molecular formula is C19H23N5O3. The maximum atomic E-state index is 12.6. The smallest absolute Gasteiger partial charge is 0.409 e. The minimum absolute atomic E-state index is 0.167. The molecule has 0 aliphatic carbocycles. The van der Waals surface area contributed by atoms with E-state index in [4.69, 9.17) is 4.74 Å². The molecular weight excluding hydrogens is 346 g/mol. The van der Waals surface area contributed by atoms with E-state index in [0.717, 1.165) is 5.69 Å². The van der Waals surface area contributed by atoms with Crippen LogP contribution in [-0.4, -0.2) is 66.7 Å². The molecule has 3 rings (SSSR count). The van der Waals surface area contributed by atoms with E-state index >= 15 is 0 Å². The quantitative estimate of drug-likeness (QED) is 0.821. The fourth-order valence-corrected chi connectivity index (χ4v) is 2.86. The first-order valence-electron chi connectivity index (χ1n) is 8.92. The van der Waals surface area contributed by atoms with E-state index in [2.05, 4.69) is 9.97 Å². The second-order valence-corrected chi connectivity index (χ2v) is 6.14.